The zero-order valence-electron chi connectivity index (χ0n) is 13.7. The minimum atomic E-state index is -0.655. The third-order valence-corrected chi connectivity index (χ3v) is 5.43. The lowest BCUT2D eigenvalue weighted by Crippen LogP contribution is -2.46. The Morgan fingerprint density at radius 1 is 1.20 bits per heavy atom. The summed E-state index contributed by atoms with van der Waals surface area (Å²) in [6, 6.07) is 12.7. The number of piperidine rings is 1. The second-order valence-electron chi connectivity index (χ2n) is 6.04. The molecule has 1 fully saturated rings. The molecule has 6 heteroatoms. The molecule has 1 saturated heterocycles. The molecule has 0 aliphatic carbocycles. The quantitative estimate of drug-likeness (QED) is 0.798. The Labute approximate surface area is 150 Å². The van der Waals surface area contributed by atoms with E-state index in [0.29, 0.717) is 0 Å². The number of carbonyl (C=O) groups is 1. The van der Waals surface area contributed by atoms with Gasteiger partial charge >= 0.3 is 0 Å². The van der Waals surface area contributed by atoms with E-state index in [9.17, 15) is 13.6 Å². The van der Waals surface area contributed by atoms with Gasteiger partial charge in [-0.1, -0.05) is 30.3 Å². The van der Waals surface area contributed by atoms with Crippen molar-refractivity contribution in [3.63, 3.8) is 0 Å². The maximum absolute atomic E-state index is 14.0. The van der Waals surface area contributed by atoms with E-state index in [2.05, 4.69) is 10.6 Å². The van der Waals surface area contributed by atoms with Crippen LogP contribution in [-0.4, -0.2) is 25.0 Å². The number of thioether (sulfide) groups is 1. The van der Waals surface area contributed by atoms with Crippen molar-refractivity contribution in [1.29, 1.82) is 0 Å². The van der Waals surface area contributed by atoms with E-state index < -0.39 is 16.9 Å². The number of rotatable bonds is 5. The fourth-order valence-electron chi connectivity index (χ4n) is 2.85. The number of halogens is 2. The molecule has 1 aliphatic rings. The van der Waals surface area contributed by atoms with E-state index in [1.54, 1.807) is 0 Å². The Bertz CT molecular complexity index is 721. The van der Waals surface area contributed by atoms with Crippen molar-refractivity contribution in [3.05, 3.63) is 65.7 Å². The summed E-state index contributed by atoms with van der Waals surface area (Å²) in [5, 5.41) is 5.72. The molecule has 0 saturated carbocycles. The molecule has 2 N–H and O–H groups in total. The Balaban J connectivity index is 1.80. The van der Waals surface area contributed by atoms with Crippen LogP contribution in [0.25, 0.3) is 0 Å². The minimum absolute atomic E-state index is 0.0751. The van der Waals surface area contributed by atoms with Gasteiger partial charge in [0, 0.05) is 23.5 Å². The van der Waals surface area contributed by atoms with Crippen LogP contribution in [0.2, 0.25) is 0 Å². The molecule has 1 aliphatic heterocycles. The summed E-state index contributed by atoms with van der Waals surface area (Å²) < 4.78 is 27.2. The third kappa shape index (κ3) is 4.80. The number of hydrogen-bond acceptors (Lipinski definition) is 3. The molecule has 1 unspecified atom stereocenters. The Kier molecular flexibility index (Phi) is 6.04. The van der Waals surface area contributed by atoms with E-state index in [1.165, 1.54) is 12.1 Å². The molecule has 0 radical (unpaired) electrons. The fourth-order valence-corrected chi connectivity index (χ4v) is 3.89. The van der Waals surface area contributed by atoms with Crippen LogP contribution in [0.3, 0.4) is 0 Å². The predicted octanol–water partition coefficient (Wildman–Crippen LogP) is 3.67. The van der Waals surface area contributed by atoms with Crippen molar-refractivity contribution in [2.24, 2.45) is 0 Å². The molecule has 1 heterocycles. The van der Waals surface area contributed by atoms with Gasteiger partial charge < -0.3 is 10.6 Å². The summed E-state index contributed by atoms with van der Waals surface area (Å²) in [5.74, 6) is -1.44. The van der Waals surface area contributed by atoms with Gasteiger partial charge in [0.05, 0.1) is 0 Å². The van der Waals surface area contributed by atoms with Crippen LogP contribution in [0.5, 0.6) is 0 Å². The third-order valence-electron chi connectivity index (χ3n) is 4.12. The first kappa shape index (κ1) is 17.9. The smallest absolute Gasteiger partial charge is 0.238 e. The normalized spacial score (nSPS) is 18.6. The standard InChI is InChI=1S/C19H20F2N2OS/c20-14-8-9-17(16(21)11-14)25-18(13-5-2-1-3-6-13)19(24)23-15-7-4-10-22-12-15/h1-3,5-6,8-9,11,15,18,22H,4,7,10,12H2,(H,23,24)/t15-,18?/m0/s1. The first-order valence-corrected chi connectivity index (χ1v) is 9.19. The van der Waals surface area contributed by atoms with Gasteiger partial charge in [-0.25, -0.2) is 8.78 Å². The van der Waals surface area contributed by atoms with Crippen molar-refractivity contribution in [3.8, 4) is 0 Å². The second-order valence-corrected chi connectivity index (χ2v) is 7.18. The summed E-state index contributed by atoms with van der Waals surface area (Å²) in [6.07, 6.45) is 1.94. The zero-order chi connectivity index (χ0) is 17.6. The SMILES string of the molecule is O=C(N[C@H]1CCCNC1)C(Sc1ccc(F)cc1F)c1ccccc1. The van der Waals surface area contributed by atoms with Crippen molar-refractivity contribution in [1.82, 2.24) is 10.6 Å². The molecule has 0 bridgehead atoms. The predicted molar refractivity (Wildman–Crippen MR) is 95.4 cm³/mol. The molecule has 132 valence electrons. The van der Waals surface area contributed by atoms with Gasteiger partial charge in [-0.05, 0) is 37.1 Å². The van der Waals surface area contributed by atoms with Gasteiger partial charge in [-0.15, -0.1) is 11.8 Å². The summed E-state index contributed by atoms with van der Waals surface area (Å²) in [7, 11) is 0. The van der Waals surface area contributed by atoms with Crippen molar-refractivity contribution >= 4 is 17.7 Å². The first-order valence-electron chi connectivity index (χ1n) is 8.31. The molecule has 0 aromatic heterocycles. The molecule has 3 rings (SSSR count). The lowest BCUT2D eigenvalue weighted by atomic mass is 10.1. The maximum atomic E-state index is 14.0. The van der Waals surface area contributed by atoms with Crippen molar-refractivity contribution in [2.45, 2.75) is 29.0 Å². The van der Waals surface area contributed by atoms with Crippen LogP contribution in [0.4, 0.5) is 8.78 Å². The Morgan fingerprint density at radius 3 is 2.68 bits per heavy atom. The highest BCUT2D eigenvalue weighted by atomic mass is 32.2. The fraction of sp³-hybridized carbons (Fsp3) is 0.316. The van der Waals surface area contributed by atoms with E-state index in [1.807, 2.05) is 30.3 Å². The first-order chi connectivity index (χ1) is 12.1. The van der Waals surface area contributed by atoms with Crippen molar-refractivity contribution < 1.29 is 13.6 Å². The average molecular weight is 362 g/mol. The average Bonchev–Trinajstić information content (AvgIpc) is 2.62. The number of nitrogens with one attached hydrogen (secondary N) is 2. The van der Waals surface area contributed by atoms with Crippen LogP contribution in [0, 0.1) is 11.6 Å². The molecule has 2 atom stereocenters. The molecule has 3 nitrogen and oxygen atoms in total. The van der Waals surface area contributed by atoms with Gasteiger partial charge in [-0.3, -0.25) is 4.79 Å². The zero-order valence-corrected chi connectivity index (χ0v) is 14.5. The number of benzene rings is 2. The van der Waals surface area contributed by atoms with Crippen LogP contribution >= 0.6 is 11.8 Å². The van der Waals surface area contributed by atoms with Crippen molar-refractivity contribution in [2.75, 3.05) is 13.1 Å². The largest absolute Gasteiger partial charge is 0.351 e. The highest BCUT2D eigenvalue weighted by Crippen LogP contribution is 2.37. The lowest BCUT2D eigenvalue weighted by Gasteiger charge is -2.26. The van der Waals surface area contributed by atoms with E-state index in [-0.39, 0.29) is 16.8 Å². The molecule has 0 spiro atoms. The highest BCUT2D eigenvalue weighted by molar-refractivity contribution is 8.00. The summed E-state index contributed by atoms with van der Waals surface area (Å²) in [4.78, 5) is 13.1. The molecule has 25 heavy (non-hydrogen) atoms. The Morgan fingerprint density at radius 2 is 2.00 bits per heavy atom. The second kappa shape index (κ2) is 8.45. The molecular formula is C19H20F2N2OS. The van der Waals surface area contributed by atoms with E-state index in [4.69, 9.17) is 0 Å². The lowest BCUT2D eigenvalue weighted by molar-refractivity contribution is -0.121. The summed E-state index contributed by atoms with van der Waals surface area (Å²) in [5.41, 5.74) is 0.789. The van der Waals surface area contributed by atoms with Gasteiger partial charge in [0.1, 0.15) is 16.9 Å². The molecular weight excluding hydrogens is 342 g/mol. The van der Waals surface area contributed by atoms with Gasteiger partial charge in [0.2, 0.25) is 5.91 Å². The van der Waals surface area contributed by atoms with Gasteiger partial charge in [-0.2, -0.15) is 0 Å². The van der Waals surface area contributed by atoms with Crippen LogP contribution in [0.1, 0.15) is 23.7 Å². The van der Waals surface area contributed by atoms with E-state index in [0.717, 1.165) is 49.3 Å². The van der Waals surface area contributed by atoms with Crippen LogP contribution in [0.15, 0.2) is 53.4 Å². The number of amides is 1. The van der Waals surface area contributed by atoms with Crippen LogP contribution < -0.4 is 10.6 Å². The van der Waals surface area contributed by atoms with Crippen LogP contribution in [-0.2, 0) is 4.79 Å². The van der Waals surface area contributed by atoms with Gasteiger partial charge in [0.15, 0.2) is 0 Å². The maximum Gasteiger partial charge on any atom is 0.238 e. The number of carbonyl (C=O) groups excluding carboxylic acids is 1. The molecule has 2 aromatic rings. The van der Waals surface area contributed by atoms with E-state index >= 15 is 0 Å². The Hall–Kier alpha value is -1.92. The van der Waals surface area contributed by atoms with Gasteiger partial charge in [0.25, 0.3) is 0 Å². The monoisotopic (exact) mass is 362 g/mol. The highest BCUT2D eigenvalue weighted by Gasteiger charge is 2.26. The topological polar surface area (TPSA) is 41.1 Å². The number of hydrogen-bond donors (Lipinski definition) is 2. The summed E-state index contributed by atoms with van der Waals surface area (Å²) in [6.45, 7) is 1.70. The molecule has 2 aromatic carbocycles. The minimum Gasteiger partial charge on any atom is -0.351 e. The molecule has 1 amide bonds. The summed E-state index contributed by atoms with van der Waals surface area (Å²) >= 11 is 1.10.